The van der Waals surface area contributed by atoms with Crippen molar-refractivity contribution in [1.29, 1.82) is 5.26 Å². The van der Waals surface area contributed by atoms with E-state index in [9.17, 15) is 10.1 Å². The highest BCUT2D eigenvalue weighted by atomic mass is 16.5. The summed E-state index contributed by atoms with van der Waals surface area (Å²) in [5.41, 5.74) is 14.0. The molecule has 5 N–H and O–H groups in total. The molecule has 31 heavy (non-hydrogen) atoms. The summed E-state index contributed by atoms with van der Waals surface area (Å²) in [5.74, 6) is 1.86. The van der Waals surface area contributed by atoms with Gasteiger partial charge in [-0.05, 0) is 26.7 Å². The minimum Gasteiger partial charge on any atom is -0.383 e. The maximum Gasteiger partial charge on any atom is 0.240 e. The minimum absolute atomic E-state index is 0.0201. The van der Waals surface area contributed by atoms with Crippen molar-refractivity contribution in [2.24, 2.45) is 0 Å². The van der Waals surface area contributed by atoms with Gasteiger partial charge in [0.15, 0.2) is 0 Å². The molecule has 0 unspecified atom stereocenters. The van der Waals surface area contributed by atoms with E-state index < -0.39 is 0 Å². The number of morpholine rings is 1. The standard InChI is InChI=1S/C22H27N7O2/c1-11-9-28(10-12(2)31-11)21-15(8-23)17-14-7-16(30)29(13-5-3-4-6-13)22(14)27-20(25)18(17)19(24)26-21/h11-13H,3-7,9-10H2,1-2H3,(H2,24,26)(H2,25,27)/p+1/t11-,12-/m1/s1. The Bertz CT molecular complexity index is 1110. The summed E-state index contributed by atoms with van der Waals surface area (Å²) < 4.78 is 5.86. The van der Waals surface area contributed by atoms with Gasteiger partial charge in [-0.2, -0.15) is 5.26 Å². The molecule has 0 spiro atoms. The molecule has 0 aromatic carbocycles. The number of nitriles is 1. The molecule has 5 rings (SSSR count). The summed E-state index contributed by atoms with van der Waals surface area (Å²) in [7, 11) is 0. The monoisotopic (exact) mass is 422 g/mol. The number of aromatic amines is 1. The van der Waals surface area contributed by atoms with Crippen LogP contribution in [0.15, 0.2) is 0 Å². The fourth-order valence-electron chi connectivity index (χ4n) is 5.51. The molecule has 2 atom stereocenters. The number of aromatic nitrogens is 2. The molecule has 1 amide bonds. The van der Waals surface area contributed by atoms with Crippen molar-refractivity contribution in [3.8, 4) is 6.07 Å². The van der Waals surface area contributed by atoms with Crippen molar-refractivity contribution < 1.29 is 14.5 Å². The summed E-state index contributed by atoms with van der Waals surface area (Å²) in [5, 5.41) is 11.4. The number of nitrogens with one attached hydrogen (secondary N) is 1. The van der Waals surface area contributed by atoms with Gasteiger partial charge >= 0.3 is 0 Å². The van der Waals surface area contributed by atoms with E-state index in [1.807, 2.05) is 18.7 Å². The Balaban J connectivity index is 1.74. The van der Waals surface area contributed by atoms with E-state index in [2.05, 4.69) is 20.9 Å². The number of hydrogen-bond donors (Lipinski definition) is 2. The number of nitrogens with zero attached hydrogens (tertiary/aromatic N) is 4. The number of carbonyl (C=O) groups excluding carboxylic acids is 1. The van der Waals surface area contributed by atoms with Gasteiger partial charge in [0.2, 0.25) is 17.5 Å². The lowest BCUT2D eigenvalue weighted by Gasteiger charge is -2.33. The van der Waals surface area contributed by atoms with Crippen LogP contribution in [0.3, 0.4) is 0 Å². The Labute approximate surface area is 181 Å². The molecule has 2 aromatic rings. The molecule has 2 aromatic heterocycles. The summed E-state index contributed by atoms with van der Waals surface area (Å²) in [4.78, 5) is 24.7. The number of pyridine rings is 2. The molecule has 9 heteroatoms. The topological polar surface area (TPSA) is 136 Å². The van der Waals surface area contributed by atoms with Crippen LogP contribution < -0.4 is 26.3 Å². The van der Waals surface area contributed by atoms with Crippen LogP contribution in [-0.4, -0.2) is 42.2 Å². The SMILES string of the molecule is C[C@@H]1CN(c2[nH+]c(N)c3c(N)nc4c(c3c2C#N)CC(=O)N4C2CCCC2)C[C@@H](C)O1. The predicted molar refractivity (Wildman–Crippen MR) is 118 cm³/mol. The number of anilines is 4. The number of amides is 1. The molecule has 162 valence electrons. The van der Waals surface area contributed by atoms with E-state index in [1.165, 1.54) is 0 Å². The molecule has 4 heterocycles. The molecular weight excluding hydrogens is 394 g/mol. The third kappa shape index (κ3) is 3.05. The van der Waals surface area contributed by atoms with Crippen LogP contribution >= 0.6 is 0 Å². The highest BCUT2D eigenvalue weighted by molar-refractivity contribution is 6.12. The van der Waals surface area contributed by atoms with Gasteiger partial charge in [-0.1, -0.05) is 12.8 Å². The van der Waals surface area contributed by atoms with E-state index in [-0.39, 0.29) is 36.4 Å². The van der Waals surface area contributed by atoms with Crippen molar-refractivity contribution in [2.75, 3.05) is 34.4 Å². The quantitative estimate of drug-likeness (QED) is 0.749. The second kappa shape index (κ2) is 7.24. The number of hydrogen-bond acceptors (Lipinski definition) is 7. The van der Waals surface area contributed by atoms with Crippen LogP contribution in [0, 0.1) is 11.3 Å². The van der Waals surface area contributed by atoms with Crippen LogP contribution in [0.25, 0.3) is 10.8 Å². The van der Waals surface area contributed by atoms with Gasteiger partial charge in [0, 0.05) is 17.0 Å². The smallest absolute Gasteiger partial charge is 0.240 e. The van der Waals surface area contributed by atoms with Crippen molar-refractivity contribution in [3.05, 3.63) is 11.1 Å². The van der Waals surface area contributed by atoms with Gasteiger partial charge in [-0.25, -0.2) is 9.97 Å². The molecule has 1 saturated carbocycles. The number of nitrogen functional groups attached to an aromatic ring is 2. The van der Waals surface area contributed by atoms with Gasteiger partial charge in [0.05, 0.1) is 37.1 Å². The maximum atomic E-state index is 13.0. The first kappa shape index (κ1) is 19.8. The number of carbonyl (C=O) groups is 1. The number of H-pyrrole nitrogens is 1. The van der Waals surface area contributed by atoms with E-state index in [0.717, 1.165) is 31.2 Å². The summed E-state index contributed by atoms with van der Waals surface area (Å²) in [6.07, 6.45) is 4.40. The maximum absolute atomic E-state index is 13.0. The Morgan fingerprint density at radius 1 is 1.16 bits per heavy atom. The number of rotatable bonds is 2. The summed E-state index contributed by atoms with van der Waals surface area (Å²) in [6.45, 7) is 5.29. The average Bonchev–Trinajstić information content (AvgIpc) is 3.33. The van der Waals surface area contributed by atoms with Gasteiger partial charge in [-0.3, -0.25) is 14.6 Å². The molecule has 1 saturated heterocycles. The van der Waals surface area contributed by atoms with Crippen molar-refractivity contribution in [1.82, 2.24) is 4.98 Å². The second-order valence-corrected chi connectivity index (χ2v) is 8.96. The second-order valence-electron chi connectivity index (χ2n) is 8.96. The number of ether oxygens (including phenoxy) is 1. The first-order chi connectivity index (χ1) is 14.9. The zero-order valence-corrected chi connectivity index (χ0v) is 17.9. The largest absolute Gasteiger partial charge is 0.383 e. The lowest BCUT2D eigenvalue weighted by Crippen LogP contribution is -2.48. The van der Waals surface area contributed by atoms with Crippen LogP contribution in [0.1, 0.15) is 50.7 Å². The molecule has 0 bridgehead atoms. The molecular formula is C22H28N7O2+. The van der Waals surface area contributed by atoms with Crippen molar-refractivity contribution in [2.45, 2.75) is 64.2 Å². The Kier molecular flexibility index (Phi) is 4.63. The van der Waals surface area contributed by atoms with Crippen molar-refractivity contribution >= 4 is 40.0 Å². The number of nitrogens with two attached hydrogens (primary N) is 2. The zero-order valence-electron chi connectivity index (χ0n) is 17.9. The molecule has 2 aliphatic heterocycles. The minimum atomic E-state index is 0.0201. The first-order valence-electron chi connectivity index (χ1n) is 11.0. The fourth-order valence-corrected chi connectivity index (χ4v) is 5.51. The van der Waals surface area contributed by atoms with Gasteiger partial charge in [0.25, 0.3) is 0 Å². The normalized spacial score (nSPS) is 24.1. The number of fused-ring (bicyclic) bond motifs is 3. The van der Waals surface area contributed by atoms with E-state index in [1.54, 1.807) is 0 Å². The molecule has 2 fully saturated rings. The summed E-state index contributed by atoms with van der Waals surface area (Å²) >= 11 is 0. The lowest BCUT2D eigenvalue weighted by atomic mass is 10.00. The van der Waals surface area contributed by atoms with Crippen LogP contribution in [0.2, 0.25) is 0 Å². The molecule has 9 nitrogen and oxygen atoms in total. The van der Waals surface area contributed by atoms with Gasteiger partial charge in [-0.15, -0.1) is 0 Å². The first-order valence-corrected chi connectivity index (χ1v) is 11.0. The molecule has 3 aliphatic rings. The van der Waals surface area contributed by atoms with E-state index in [0.29, 0.717) is 46.9 Å². The fraction of sp³-hybridized carbons (Fsp3) is 0.545. The van der Waals surface area contributed by atoms with Crippen LogP contribution in [0.4, 0.5) is 23.3 Å². The Morgan fingerprint density at radius 3 is 2.48 bits per heavy atom. The van der Waals surface area contributed by atoms with Crippen LogP contribution in [-0.2, 0) is 16.0 Å². The lowest BCUT2D eigenvalue weighted by molar-refractivity contribution is -0.345. The molecule has 1 aliphatic carbocycles. The van der Waals surface area contributed by atoms with E-state index in [4.69, 9.17) is 16.2 Å². The predicted octanol–water partition coefficient (Wildman–Crippen LogP) is 1.53. The zero-order chi connectivity index (χ0) is 21.9. The van der Waals surface area contributed by atoms with Crippen molar-refractivity contribution in [3.63, 3.8) is 0 Å². The molecule has 0 radical (unpaired) electrons. The highest BCUT2D eigenvalue weighted by Crippen LogP contribution is 2.43. The highest BCUT2D eigenvalue weighted by Gasteiger charge is 2.40. The van der Waals surface area contributed by atoms with Gasteiger partial charge < -0.3 is 16.2 Å². The summed E-state index contributed by atoms with van der Waals surface area (Å²) in [6, 6.07) is 2.52. The third-order valence-electron chi connectivity index (χ3n) is 6.68. The average molecular weight is 423 g/mol. The van der Waals surface area contributed by atoms with Crippen LogP contribution in [0.5, 0.6) is 0 Å². The Morgan fingerprint density at radius 2 is 1.84 bits per heavy atom. The third-order valence-corrected chi connectivity index (χ3v) is 6.68. The van der Waals surface area contributed by atoms with Gasteiger partial charge in [0.1, 0.15) is 23.3 Å². The Hall–Kier alpha value is -3.12. The van der Waals surface area contributed by atoms with E-state index >= 15 is 0 Å².